The van der Waals surface area contributed by atoms with E-state index in [2.05, 4.69) is 21.4 Å². The van der Waals surface area contributed by atoms with Crippen molar-refractivity contribution in [2.45, 2.75) is 116 Å². The molecule has 1 fully saturated rings. The minimum atomic E-state index is -1.84. The third kappa shape index (κ3) is 18.3. The molecule has 0 aromatic heterocycles. The normalized spacial score (nSPS) is 17.5. The van der Waals surface area contributed by atoms with Crippen molar-refractivity contribution in [3.63, 3.8) is 0 Å². The van der Waals surface area contributed by atoms with Crippen molar-refractivity contribution in [1.82, 2.24) is 15.3 Å². The number of carbonyl (C=O) groups excluding carboxylic acids is 5. The summed E-state index contributed by atoms with van der Waals surface area (Å²) in [6, 6.07) is 26.8. The predicted molar refractivity (Wildman–Crippen MR) is 262 cm³/mol. The number of carbonyl (C=O) groups is 5. The lowest BCUT2D eigenvalue weighted by molar-refractivity contribution is -0.266. The molecule has 2 amide bonds. The highest BCUT2D eigenvalue weighted by molar-refractivity contribution is 7.44. The van der Waals surface area contributed by atoms with E-state index in [-0.39, 0.29) is 64.5 Å². The molecule has 6 atom stereocenters. The van der Waals surface area contributed by atoms with Gasteiger partial charge in [0.2, 0.25) is 5.91 Å². The van der Waals surface area contributed by atoms with Crippen LogP contribution in [-0.4, -0.2) is 138 Å². The van der Waals surface area contributed by atoms with Gasteiger partial charge in [0.15, 0.2) is 12.4 Å². The Kier molecular flexibility index (Phi) is 24.6. The highest BCUT2D eigenvalue weighted by Crippen LogP contribution is 2.48. The predicted octanol–water partition coefficient (Wildman–Crippen LogP) is 6.46. The quantitative estimate of drug-likeness (QED) is 0.0249. The first-order valence-corrected chi connectivity index (χ1v) is 24.8. The van der Waals surface area contributed by atoms with Gasteiger partial charge < -0.3 is 62.3 Å². The first-order valence-electron chi connectivity index (χ1n) is 23.7. The highest BCUT2D eigenvalue weighted by atomic mass is 31.2. The van der Waals surface area contributed by atoms with Gasteiger partial charge >= 0.3 is 24.0 Å². The van der Waals surface area contributed by atoms with Crippen molar-refractivity contribution in [2.24, 2.45) is 0 Å². The Morgan fingerprint density at radius 3 is 1.92 bits per heavy atom. The Hall–Kier alpha value is -5.91. The molecule has 0 saturated carbocycles. The third-order valence-electron chi connectivity index (χ3n) is 10.9. The van der Waals surface area contributed by atoms with Crippen LogP contribution in [0.25, 0.3) is 0 Å². The fourth-order valence-corrected chi connectivity index (χ4v) is 9.46. The third-order valence-corrected chi connectivity index (χ3v) is 13.0. The molecule has 394 valence electrons. The maximum Gasteiger partial charge on any atom is 0.407 e. The van der Waals surface area contributed by atoms with E-state index in [0.29, 0.717) is 17.9 Å². The van der Waals surface area contributed by atoms with Crippen LogP contribution in [0.4, 0.5) is 4.79 Å². The molecule has 4 unspecified atom stereocenters. The van der Waals surface area contributed by atoms with Gasteiger partial charge in [0.05, 0.1) is 53.1 Å². The highest BCUT2D eigenvalue weighted by Gasteiger charge is 2.44. The second kappa shape index (κ2) is 30.2. The van der Waals surface area contributed by atoms with Crippen molar-refractivity contribution >= 4 is 38.4 Å². The maximum atomic E-state index is 13.3. The van der Waals surface area contributed by atoms with Crippen LogP contribution in [0.15, 0.2) is 78.9 Å². The SMILES string of the molecule is COc1ccc(C(OCC(COC(=O)NCC(=O)NCCCO[C@H]2CC(OC(C)=O)C(OC(C)=O)[C@@H](COC(C)=O)O2)OP(OCCC#N)N(C(C)C)C(C)C)(c2ccccc2)c2ccc(OC)cc2)cc1. The number of ether oxygens (including phenoxy) is 9. The minimum Gasteiger partial charge on any atom is -0.497 e. The van der Waals surface area contributed by atoms with Crippen molar-refractivity contribution in [3.8, 4) is 17.6 Å². The average Bonchev–Trinajstić information content (AvgIpc) is 3.35. The topological polar surface area (TPSA) is 238 Å². The van der Waals surface area contributed by atoms with Gasteiger partial charge in [-0.25, -0.2) is 9.46 Å². The number of alkyl carbamates (subject to hydrolysis) is 1. The smallest absolute Gasteiger partial charge is 0.407 e. The van der Waals surface area contributed by atoms with Crippen molar-refractivity contribution < 1.29 is 75.7 Å². The van der Waals surface area contributed by atoms with Crippen LogP contribution in [0.2, 0.25) is 0 Å². The van der Waals surface area contributed by atoms with E-state index in [1.807, 2.05) is 107 Å². The van der Waals surface area contributed by atoms with Crippen LogP contribution in [0.3, 0.4) is 0 Å². The standard InChI is InChI=1S/C51H69N4O16P/c1-34(2)55(35(3)4)72(67-28-13-25-52)71-44(32-66-51(39-15-11-10-12-16-39,40-17-21-42(61-8)22-18-40)41-19-23-43(62-9)24-20-41)31-65-50(60)54-30-47(59)53-26-14-27-63-48-29-45(68-37(6)57)49(69-38(7)58)46(70-48)33-64-36(5)56/h10-12,15-24,34-35,44-46,48-49H,13-14,26-33H2,1-9H3,(H,53,59)(H,54,60)/t44?,45?,46-,48-,49?,72?/m1/s1. The van der Waals surface area contributed by atoms with Crippen molar-refractivity contribution in [3.05, 3.63) is 95.6 Å². The summed E-state index contributed by atoms with van der Waals surface area (Å²) in [6.45, 7) is 10.8. The summed E-state index contributed by atoms with van der Waals surface area (Å²) in [7, 11) is 1.34. The summed E-state index contributed by atoms with van der Waals surface area (Å²) < 4.78 is 66.6. The number of benzene rings is 3. The van der Waals surface area contributed by atoms with Gasteiger partial charge in [-0.1, -0.05) is 54.6 Å². The van der Waals surface area contributed by atoms with Gasteiger partial charge in [0, 0.05) is 45.8 Å². The summed E-state index contributed by atoms with van der Waals surface area (Å²) in [4.78, 5) is 61.4. The van der Waals surface area contributed by atoms with E-state index in [1.165, 1.54) is 20.8 Å². The molecule has 3 aromatic rings. The lowest BCUT2D eigenvalue weighted by Crippen LogP contribution is -2.54. The van der Waals surface area contributed by atoms with Crippen molar-refractivity contribution in [1.29, 1.82) is 5.26 Å². The van der Waals surface area contributed by atoms with Crippen LogP contribution in [-0.2, 0) is 67.0 Å². The molecule has 1 aliphatic heterocycles. The molecule has 0 spiro atoms. The van der Waals surface area contributed by atoms with Gasteiger partial charge in [0.1, 0.15) is 48.6 Å². The number of hydrogen-bond donors (Lipinski definition) is 2. The number of amides is 2. The number of nitrogens with one attached hydrogen (secondary N) is 2. The van der Waals surface area contributed by atoms with Gasteiger partial charge in [-0.05, 0) is 75.1 Å². The molecular weight excluding hydrogens is 956 g/mol. The van der Waals surface area contributed by atoms with E-state index in [4.69, 9.17) is 51.7 Å². The van der Waals surface area contributed by atoms with Crippen molar-refractivity contribution in [2.75, 3.05) is 60.3 Å². The number of nitrogens with zero attached hydrogens (tertiary/aromatic N) is 2. The zero-order valence-electron chi connectivity index (χ0n) is 42.5. The molecule has 0 bridgehead atoms. The second-order valence-electron chi connectivity index (χ2n) is 17.0. The van der Waals surface area contributed by atoms with Crippen LogP contribution in [0, 0.1) is 11.3 Å². The van der Waals surface area contributed by atoms with E-state index < -0.39 is 81.3 Å². The lowest BCUT2D eigenvalue weighted by Gasteiger charge is -2.39. The van der Waals surface area contributed by atoms with Gasteiger partial charge in [0.25, 0.3) is 8.53 Å². The molecule has 20 nitrogen and oxygen atoms in total. The molecule has 21 heteroatoms. The summed E-state index contributed by atoms with van der Waals surface area (Å²) in [5, 5.41) is 14.6. The summed E-state index contributed by atoms with van der Waals surface area (Å²) in [5.74, 6) is -1.06. The molecule has 0 aliphatic carbocycles. The van der Waals surface area contributed by atoms with E-state index >= 15 is 0 Å². The minimum absolute atomic E-state index is 0.0212. The Bertz CT molecular complexity index is 2140. The zero-order chi connectivity index (χ0) is 52.6. The second-order valence-corrected chi connectivity index (χ2v) is 18.4. The number of hydrogen-bond acceptors (Lipinski definition) is 18. The molecule has 4 rings (SSSR count). The monoisotopic (exact) mass is 1020 g/mol. The zero-order valence-corrected chi connectivity index (χ0v) is 43.4. The van der Waals surface area contributed by atoms with E-state index in [1.54, 1.807) is 14.2 Å². The van der Waals surface area contributed by atoms with Gasteiger partial charge in [-0.2, -0.15) is 5.26 Å². The van der Waals surface area contributed by atoms with Gasteiger partial charge in [-0.15, -0.1) is 0 Å². The fraction of sp³-hybridized carbons (Fsp3) is 0.529. The van der Waals surface area contributed by atoms with Crippen LogP contribution in [0.1, 0.15) is 84.4 Å². The Labute approximate surface area is 423 Å². The first-order chi connectivity index (χ1) is 34.5. The average molecular weight is 1030 g/mol. The molecule has 1 saturated heterocycles. The Balaban J connectivity index is 1.47. The summed E-state index contributed by atoms with van der Waals surface area (Å²) >= 11 is 0. The molecule has 72 heavy (non-hydrogen) atoms. The Morgan fingerprint density at radius 2 is 1.38 bits per heavy atom. The molecule has 1 heterocycles. The number of nitriles is 1. The molecular formula is C51H69N4O16P. The van der Waals surface area contributed by atoms with Gasteiger partial charge in [-0.3, -0.25) is 19.2 Å². The summed E-state index contributed by atoms with van der Waals surface area (Å²) in [5.41, 5.74) is 1.08. The van der Waals surface area contributed by atoms with Crippen LogP contribution in [0.5, 0.6) is 11.5 Å². The number of methoxy groups -OCH3 is 2. The molecule has 3 aromatic carbocycles. The first kappa shape index (κ1) is 58.7. The number of esters is 3. The molecule has 1 aliphatic rings. The number of rotatable bonds is 29. The lowest BCUT2D eigenvalue weighted by atomic mass is 9.80. The summed E-state index contributed by atoms with van der Waals surface area (Å²) in [6.07, 6.45) is -5.27. The fourth-order valence-electron chi connectivity index (χ4n) is 7.78. The van der Waals surface area contributed by atoms with E-state index in [0.717, 1.165) is 16.7 Å². The molecule has 2 N–H and O–H groups in total. The maximum absolute atomic E-state index is 13.3. The molecule has 0 radical (unpaired) electrons. The van der Waals surface area contributed by atoms with Crippen LogP contribution < -0.4 is 20.1 Å². The van der Waals surface area contributed by atoms with E-state index in [9.17, 15) is 29.2 Å². The Morgan fingerprint density at radius 1 is 0.778 bits per heavy atom. The largest absolute Gasteiger partial charge is 0.497 e. The van der Waals surface area contributed by atoms with Crippen LogP contribution >= 0.6 is 8.53 Å².